The molecule has 0 spiro atoms. The summed E-state index contributed by atoms with van der Waals surface area (Å²) in [4.78, 5) is 24.8. The number of phenols is 1. The third kappa shape index (κ3) is 5.56. The Morgan fingerprint density at radius 3 is 2.33 bits per heavy atom. The van der Waals surface area contributed by atoms with Gasteiger partial charge < -0.3 is 14.7 Å². The predicted octanol–water partition coefficient (Wildman–Crippen LogP) is 0.670. The third-order valence-corrected chi connectivity index (χ3v) is 1.46. The van der Waals surface area contributed by atoms with Crippen molar-refractivity contribution in [2.24, 2.45) is 5.90 Å². The van der Waals surface area contributed by atoms with Gasteiger partial charge in [-0.15, -0.1) is 0 Å². The molecule has 0 aliphatic carbocycles. The molecule has 5 nitrogen and oxygen atoms in total. The summed E-state index contributed by atoms with van der Waals surface area (Å²) >= 11 is 0. The largest absolute Gasteiger partial charge is 0.508 e. The van der Waals surface area contributed by atoms with Crippen molar-refractivity contribution in [3.8, 4) is 5.75 Å². The first-order chi connectivity index (χ1) is 7.15. The summed E-state index contributed by atoms with van der Waals surface area (Å²) in [5.74, 6) is 4.22. The molecular formula is C10H13NO4. The Kier molecular flexibility index (Phi) is 6.78. The maximum atomic E-state index is 11.0. The Bertz CT molecular complexity index is 308. The molecule has 0 aliphatic heterocycles. The van der Waals surface area contributed by atoms with Crippen LogP contribution in [0.15, 0.2) is 24.3 Å². The molecule has 0 amide bonds. The molecule has 0 aromatic heterocycles. The van der Waals surface area contributed by atoms with Gasteiger partial charge in [0.1, 0.15) is 12.0 Å². The van der Waals surface area contributed by atoms with E-state index in [1.165, 1.54) is 31.4 Å². The van der Waals surface area contributed by atoms with Gasteiger partial charge in [-0.1, -0.05) is 0 Å². The molecule has 0 fully saturated rings. The Balaban J connectivity index is 0.000000583. The summed E-state index contributed by atoms with van der Waals surface area (Å²) < 4.78 is 0. The van der Waals surface area contributed by atoms with Gasteiger partial charge in [-0.05, 0) is 24.3 Å². The van der Waals surface area contributed by atoms with Gasteiger partial charge in [0.15, 0.2) is 5.78 Å². The van der Waals surface area contributed by atoms with E-state index < -0.39 is 0 Å². The van der Waals surface area contributed by atoms with Crippen LogP contribution in [0.4, 0.5) is 0 Å². The monoisotopic (exact) mass is 211 g/mol. The SMILES string of the molecule is CON.O=CCC(=O)c1ccc(O)cc1. The number of nitrogens with two attached hydrogens (primary N) is 1. The summed E-state index contributed by atoms with van der Waals surface area (Å²) in [5.41, 5.74) is 0.444. The van der Waals surface area contributed by atoms with E-state index in [-0.39, 0.29) is 18.0 Å². The molecule has 82 valence electrons. The number of Topliss-reactive ketones (excluding diaryl/α,β-unsaturated/α-hetero) is 1. The maximum Gasteiger partial charge on any atom is 0.169 e. The molecule has 0 radical (unpaired) electrons. The summed E-state index contributed by atoms with van der Waals surface area (Å²) in [5, 5.41) is 8.89. The van der Waals surface area contributed by atoms with Crippen LogP contribution in [0.5, 0.6) is 5.75 Å². The van der Waals surface area contributed by atoms with Crippen LogP contribution >= 0.6 is 0 Å². The molecule has 0 saturated carbocycles. The van der Waals surface area contributed by atoms with E-state index in [4.69, 9.17) is 5.11 Å². The van der Waals surface area contributed by atoms with E-state index in [0.29, 0.717) is 11.8 Å². The Hall–Kier alpha value is -1.72. The van der Waals surface area contributed by atoms with Crippen molar-refractivity contribution >= 4 is 12.1 Å². The van der Waals surface area contributed by atoms with Crippen molar-refractivity contribution < 1.29 is 19.5 Å². The van der Waals surface area contributed by atoms with Crippen LogP contribution in [0.1, 0.15) is 16.8 Å². The molecule has 0 heterocycles. The lowest BCUT2D eigenvalue weighted by Crippen LogP contribution is -1.98. The summed E-state index contributed by atoms with van der Waals surface area (Å²) in [6, 6.07) is 5.80. The minimum atomic E-state index is -0.231. The average Bonchev–Trinajstić information content (AvgIpc) is 2.20. The molecule has 1 rings (SSSR count). The predicted molar refractivity (Wildman–Crippen MR) is 54.3 cm³/mol. The van der Waals surface area contributed by atoms with Crippen molar-refractivity contribution in [1.29, 1.82) is 0 Å². The Labute approximate surface area is 87.4 Å². The second-order valence-electron chi connectivity index (χ2n) is 2.58. The first kappa shape index (κ1) is 13.3. The highest BCUT2D eigenvalue weighted by molar-refractivity contribution is 6.02. The van der Waals surface area contributed by atoms with Crippen LogP contribution in [0, 0.1) is 0 Å². The number of aromatic hydroxyl groups is 1. The number of carbonyl (C=O) groups excluding carboxylic acids is 2. The Morgan fingerprint density at radius 1 is 1.47 bits per heavy atom. The van der Waals surface area contributed by atoms with Gasteiger partial charge in [0.25, 0.3) is 0 Å². The standard InChI is InChI=1S/C9H8O3.CH5NO/c10-6-5-9(12)7-1-3-8(11)4-2-7;1-3-2/h1-4,6,11H,5H2;2H2,1H3. The second-order valence-corrected chi connectivity index (χ2v) is 2.58. The lowest BCUT2D eigenvalue weighted by Gasteiger charge is -1.95. The molecular weight excluding hydrogens is 198 g/mol. The number of carbonyl (C=O) groups is 2. The zero-order chi connectivity index (χ0) is 11.7. The first-order valence-electron chi connectivity index (χ1n) is 4.14. The number of phenolic OH excluding ortho intramolecular Hbond substituents is 1. The molecule has 3 N–H and O–H groups in total. The zero-order valence-corrected chi connectivity index (χ0v) is 8.34. The third-order valence-electron chi connectivity index (χ3n) is 1.46. The van der Waals surface area contributed by atoms with Gasteiger partial charge in [0.05, 0.1) is 13.5 Å². The van der Waals surface area contributed by atoms with Crippen LogP contribution in [0.2, 0.25) is 0 Å². The first-order valence-corrected chi connectivity index (χ1v) is 4.14. The summed E-state index contributed by atoms with van der Waals surface area (Å²) in [7, 11) is 1.40. The number of hydrogen-bond acceptors (Lipinski definition) is 5. The topological polar surface area (TPSA) is 89.6 Å². The molecule has 0 bridgehead atoms. The van der Waals surface area contributed by atoms with Gasteiger partial charge in [-0.3, -0.25) is 4.79 Å². The van der Waals surface area contributed by atoms with Gasteiger partial charge >= 0.3 is 0 Å². The highest BCUT2D eigenvalue weighted by Gasteiger charge is 2.03. The van der Waals surface area contributed by atoms with Gasteiger partial charge in [0.2, 0.25) is 0 Å². The number of rotatable bonds is 3. The fourth-order valence-electron chi connectivity index (χ4n) is 0.841. The van der Waals surface area contributed by atoms with Crippen molar-refractivity contribution in [2.45, 2.75) is 6.42 Å². The second kappa shape index (κ2) is 7.66. The van der Waals surface area contributed by atoms with Crippen LogP contribution in [-0.4, -0.2) is 24.3 Å². The van der Waals surface area contributed by atoms with E-state index in [0.717, 1.165) is 0 Å². The van der Waals surface area contributed by atoms with E-state index in [1.807, 2.05) is 0 Å². The van der Waals surface area contributed by atoms with E-state index >= 15 is 0 Å². The highest BCUT2D eigenvalue weighted by atomic mass is 16.6. The van der Waals surface area contributed by atoms with E-state index in [1.54, 1.807) is 0 Å². The van der Waals surface area contributed by atoms with Crippen LogP contribution in [0.3, 0.4) is 0 Å². The fourth-order valence-corrected chi connectivity index (χ4v) is 0.841. The quantitative estimate of drug-likeness (QED) is 0.332. The maximum absolute atomic E-state index is 11.0. The minimum absolute atomic E-state index is 0.106. The van der Waals surface area contributed by atoms with Gasteiger partial charge in [0, 0.05) is 5.56 Å². The molecule has 0 unspecified atom stereocenters. The molecule has 0 aliphatic rings. The van der Waals surface area contributed by atoms with Crippen molar-refractivity contribution in [3.05, 3.63) is 29.8 Å². The molecule has 1 aromatic rings. The number of aldehydes is 1. The summed E-state index contributed by atoms with van der Waals surface area (Å²) in [6.45, 7) is 0. The van der Waals surface area contributed by atoms with Gasteiger partial charge in [-0.25, -0.2) is 5.90 Å². The number of benzene rings is 1. The number of hydrogen-bond donors (Lipinski definition) is 2. The number of ketones is 1. The van der Waals surface area contributed by atoms with E-state index in [2.05, 4.69) is 10.7 Å². The molecule has 0 atom stereocenters. The normalized spacial score (nSPS) is 8.67. The van der Waals surface area contributed by atoms with Gasteiger partial charge in [-0.2, -0.15) is 0 Å². The van der Waals surface area contributed by atoms with E-state index in [9.17, 15) is 9.59 Å². The smallest absolute Gasteiger partial charge is 0.169 e. The van der Waals surface area contributed by atoms with Crippen molar-refractivity contribution in [1.82, 2.24) is 0 Å². The van der Waals surface area contributed by atoms with Crippen LogP contribution < -0.4 is 5.90 Å². The zero-order valence-electron chi connectivity index (χ0n) is 8.34. The summed E-state index contributed by atoms with van der Waals surface area (Å²) in [6.07, 6.45) is 0.458. The molecule has 0 saturated heterocycles. The van der Waals surface area contributed by atoms with Crippen LogP contribution in [0.25, 0.3) is 0 Å². The lowest BCUT2D eigenvalue weighted by atomic mass is 10.1. The Morgan fingerprint density at radius 2 is 1.93 bits per heavy atom. The fraction of sp³-hybridized carbons (Fsp3) is 0.200. The van der Waals surface area contributed by atoms with Crippen LogP contribution in [-0.2, 0) is 9.63 Å². The molecule has 5 heteroatoms. The van der Waals surface area contributed by atoms with Crippen molar-refractivity contribution in [2.75, 3.05) is 7.11 Å². The lowest BCUT2D eigenvalue weighted by molar-refractivity contribution is -0.107. The average molecular weight is 211 g/mol. The molecule has 1 aromatic carbocycles. The van der Waals surface area contributed by atoms with Crippen molar-refractivity contribution in [3.63, 3.8) is 0 Å². The minimum Gasteiger partial charge on any atom is -0.508 e. The molecule has 15 heavy (non-hydrogen) atoms. The highest BCUT2D eigenvalue weighted by Crippen LogP contribution is 2.10.